The van der Waals surface area contributed by atoms with Crippen molar-refractivity contribution in [2.75, 3.05) is 5.32 Å². The lowest BCUT2D eigenvalue weighted by molar-refractivity contribution is -0.112. The molecule has 0 atom stereocenters. The summed E-state index contributed by atoms with van der Waals surface area (Å²) in [5.41, 5.74) is 0.316. The van der Waals surface area contributed by atoms with Crippen LogP contribution in [0.1, 0.15) is 12.8 Å². The van der Waals surface area contributed by atoms with E-state index in [-0.39, 0.29) is 11.5 Å². The zero-order chi connectivity index (χ0) is 13.8. The minimum absolute atomic E-state index is 0.0840. The van der Waals surface area contributed by atoms with Crippen LogP contribution in [0.2, 0.25) is 0 Å². The van der Waals surface area contributed by atoms with Crippen LogP contribution < -0.4 is 5.32 Å². The Morgan fingerprint density at radius 3 is 2.53 bits per heavy atom. The van der Waals surface area contributed by atoms with Crippen LogP contribution in [-0.2, 0) is 4.79 Å². The van der Waals surface area contributed by atoms with Crippen molar-refractivity contribution in [2.45, 2.75) is 12.8 Å². The summed E-state index contributed by atoms with van der Waals surface area (Å²) in [7, 11) is 0. The lowest BCUT2D eigenvalue weighted by atomic mass is 10.2. The summed E-state index contributed by atoms with van der Waals surface area (Å²) in [6.07, 6.45) is 1.75. The molecule has 0 aliphatic heterocycles. The van der Waals surface area contributed by atoms with Gasteiger partial charge in [-0.05, 0) is 43.0 Å². The monoisotopic (exact) mass is 278 g/mol. The third-order valence-corrected chi connectivity index (χ3v) is 3.47. The molecule has 2 N–H and O–H groups in total. The number of rotatable bonds is 4. The molecule has 0 spiro atoms. The maximum atomic E-state index is 12.7. The molecule has 2 rings (SSSR count). The van der Waals surface area contributed by atoms with Gasteiger partial charge in [0.2, 0.25) is 0 Å². The van der Waals surface area contributed by atoms with Crippen molar-refractivity contribution in [3.63, 3.8) is 0 Å². The van der Waals surface area contributed by atoms with Gasteiger partial charge < -0.3 is 9.87 Å². The van der Waals surface area contributed by atoms with E-state index in [1.165, 1.54) is 24.3 Å². The maximum absolute atomic E-state index is 12.7. The Kier molecular flexibility index (Phi) is 4.20. The summed E-state index contributed by atoms with van der Waals surface area (Å²) < 4.78 is 21.9. The standard InChI is InChI=1S/C13H11FN2O2S/c14-9-3-5-10(6-4-9)16-13(17)11(7-15)12(19-18)8-1-2-8/h3-6,8,18H,1-2H2,(H,16,17). The molecule has 1 fully saturated rings. The molecule has 19 heavy (non-hydrogen) atoms. The molecule has 98 valence electrons. The highest BCUT2D eigenvalue weighted by atomic mass is 32.2. The van der Waals surface area contributed by atoms with Crippen molar-refractivity contribution in [3.8, 4) is 6.07 Å². The third kappa shape index (κ3) is 3.34. The highest BCUT2D eigenvalue weighted by molar-refractivity contribution is 7.97. The van der Waals surface area contributed by atoms with Crippen LogP contribution in [0.4, 0.5) is 10.1 Å². The molecule has 0 bridgehead atoms. The molecule has 6 heteroatoms. The second-order valence-electron chi connectivity index (χ2n) is 4.18. The smallest absolute Gasteiger partial charge is 0.267 e. The summed E-state index contributed by atoms with van der Waals surface area (Å²) >= 11 is 0.451. The molecule has 0 aromatic heterocycles. The molecular weight excluding hydrogens is 267 g/mol. The van der Waals surface area contributed by atoms with E-state index in [0.717, 1.165) is 12.8 Å². The first-order valence-corrected chi connectivity index (χ1v) is 6.45. The van der Waals surface area contributed by atoms with Crippen molar-refractivity contribution >= 4 is 23.6 Å². The Balaban J connectivity index is 2.18. The maximum Gasteiger partial charge on any atom is 0.267 e. The SMILES string of the molecule is N#CC(C(=O)Nc1ccc(F)cc1)=C(SO)C1CC1. The fourth-order valence-corrected chi connectivity index (χ4v) is 2.23. The summed E-state index contributed by atoms with van der Waals surface area (Å²) in [4.78, 5) is 12.4. The van der Waals surface area contributed by atoms with Crippen LogP contribution in [0.3, 0.4) is 0 Å². The van der Waals surface area contributed by atoms with Crippen molar-refractivity contribution in [1.29, 1.82) is 5.26 Å². The lowest BCUT2D eigenvalue weighted by Gasteiger charge is -2.07. The van der Waals surface area contributed by atoms with Gasteiger partial charge in [-0.25, -0.2) is 4.39 Å². The number of hydrogen-bond acceptors (Lipinski definition) is 4. The van der Waals surface area contributed by atoms with Gasteiger partial charge in [-0.2, -0.15) is 5.26 Å². The Bertz CT molecular complexity index is 559. The van der Waals surface area contributed by atoms with E-state index in [1.807, 2.05) is 6.07 Å². The first kappa shape index (κ1) is 13.6. The summed E-state index contributed by atoms with van der Waals surface area (Å²) in [6.45, 7) is 0. The largest absolute Gasteiger partial charge is 0.326 e. The predicted octanol–water partition coefficient (Wildman–Crippen LogP) is 3.16. The molecular formula is C13H11FN2O2S. The molecule has 1 aliphatic rings. The van der Waals surface area contributed by atoms with Gasteiger partial charge in [0.25, 0.3) is 5.91 Å². The van der Waals surface area contributed by atoms with E-state index in [4.69, 9.17) is 9.81 Å². The van der Waals surface area contributed by atoms with Crippen LogP contribution in [0, 0.1) is 23.1 Å². The summed E-state index contributed by atoms with van der Waals surface area (Å²) in [6, 6.07) is 7.07. The number of nitrogens with zero attached hydrogens (tertiary/aromatic N) is 1. The van der Waals surface area contributed by atoms with Gasteiger partial charge in [-0.1, -0.05) is 0 Å². The van der Waals surface area contributed by atoms with Crippen LogP contribution in [0.15, 0.2) is 34.7 Å². The number of hydrogen-bond donors (Lipinski definition) is 2. The number of nitriles is 1. The van der Waals surface area contributed by atoms with E-state index in [0.29, 0.717) is 22.6 Å². The molecule has 0 unspecified atom stereocenters. The van der Waals surface area contributed by atoms with Crippen LogP contribution in [0.5, 0.6) is 0 Å². The Hall–Kier alpha value is -1.84. The molecule has 1 aromatic rings. The minimum atomic E-state index is -0.586. The highest BCUT2D eigenvalue weighted by Crippen LogP contribution is 2.42. The fourth-order valence-electron chi connectivity index (χ4n) is 1.61. The molecule has 1 amide bonds. The Morgan fingerprint density at radius 1 is 1.42 bits per heavy atom. The van der Waals surface area contributed by atoms with E-state index < -0.39 is 11.7 Å². The lowest BCUT2D eigenvalue weighted by Crippen LogP contribution is -2.15. The molecule has 0 radical (unpaired) electrons. The summed E-state index contributed by atoms with van der Waals surface area (Å²) in [5, 5.41) is 11.6. The number of carbonyl (C=O) groups excluding carboxylic acids is 1. The van der Waals surface area contributed by atoms with E-state index in [1.54, 1.807) is 0 Å². The number of carbonyl (C=O) groups is 1. The number of allylic oxidation sites excluding steroid dienone is 1. The molecule has 0 saturated heterocycles. The topological polar surface area (TPSA) is 73.1 Å². The first-order chi connectivity index (χ1) is 9.15. The van der Waals surface area contributed by atoms with Crippen molar-refractivity contribution < 1.29 is 13.7 Å². The molecule has 1 aliphatic carbocycles. The molecule has 1 saturated carbocycles. The van der Waals surface area contributed by atoms with Crippen molar-refractivity contribution in [2.24, 2.45) is 5.92 Å². The van der Waals surface area contributed by atoms with Gasteiger partial charge in [0.15, 0.2) is 0 Å². The van der Waals surface area contributed by atoms with Gasteiger partial charge in [0.1, 0.15) is 17.5 Å². The fraction of sp³-hybridized carbons (Fsp3) is 0.231. The zero-order valence-corrected chi connectivity index (χ0v) is 10.7. The van der Waals surface area contributed by atoms with E-state index >= 15 is 0 Å². The number of benzene rings is 1. The molecule has 4 nitrogen and oxygen atoms in total. The quantitative estimate of drug-likeness (QED) is 0.504. The normalized spacial score (nSPS) is 15.4. The van der Waals surface area contributed by atoms with Crippen LogP contribution in [-0.4, -0.2) is 10.5 Å². The minimum Gasteiger partial charge on any atom is -0.326 e. The Morgan fingerprint density at radius 2 is 2.05 bits per heavy atom. The van der Waals surface area contributed by atoms with Crippen LogP contribution in [0.25, 0.3) is 0 Å². The van der Waals surface area contributed by atoms with Crippen molar-refractivity contribution in [1.82, 2.24) is 0 Å². The second kappa shape index (κ2) is 5.87. The van der Waals surface area contributed by atoms with Crippen LogP contribution >= 0.6 is 12.0 Å². The van der Waals surface area contributed by atoms with Gasteiger partial charge >= 0.3 is 0 Å². The zero-order valence-electron chi connectivity index (χ0n) is 9.89. The van der Waals surface area contributed by atoms with E-state index in [9.17, 15) is 9.18 Å². The number of anilines is 1. The van der Waals surface area contributed by atoms with Gasteiger partial charge in [-0.3, -0.25) is 4.79 Å². The first-order valence-electron chi connectivity index (χ1n) is 5.68. The van der Waals surface area contributed by atoms with Gasteiger partial charge in [-0.15, -0.1) is 0 Å². The summed E-state index contributed by atoms with van der Waals surface area (Å²) in [5.74, 6) is -0.889. The Labute approximate surface area is 114 Å². The molecule has 1 aromatic carbocycles. The highest BCUT2D eigenvalue weighted by Gasteiger charge is 2.31. The van der Waals surface area contributed by atoms with Crippen molar-refractivity contribution in [3.05, 3.63) is 40.6 Å². The third-order valence-electron chi connectivity index (χ3n) is 2.73. The number of nitrogens with one attached hydrogen (secondary N) is 1. The van der Waals surface area contributed by atoms with Gasteiger partial charge in [0.05, 0.1) is 0 Å². The van der Waals surface area contributed by atoms with E-state index in [2.05, 4.69) is 5.32 Å². The second-order valence-corrected chi connectivity index (χ2v) is 4.80. The number of halogens is 1. The average Bonchev–Trinajstić information content (AvgIpc) is 3.22. The molecule has 0 heterocycles. The predicted molar refractivity (Wildman–Crippen MR) is 70.6 cm³/mol. The average molecular weight is 278 g/mol. The number of amides is 1. The van der Waals surface area contributed by atoms with Gasteiger partial charge in [0, 0.05) is 22.6 Å².